The van der Waals surface area contributed by atoms with Gasteiger partial charge in [-0.1, -0.05) is 6.07 Å². The van der Waals surface area contributed by atoms with E-state index < -0.39 is 41.0 Å². The summed E-state index contributed by atoms with van der Waals surface area (Å²) in [5, 5.41) is 2.32. The zero-order valence-corrected chi connectivity index (χ0v) is 11.8. The smallest absolute Gasteiger partial charge is 0.255 e. The van der Waals surface area contributed by atoms with Gasteiger partial charge < -0.3 is 11.1 Å². The summed E-state index contributed by atoms with van der Waals surface area (Å²) in [6, 6.07) is 2.10. The van der Waals surface area contributed by atoms with Gasteiger partial charge in [0.1, 0.15) is 11.8 Å². The third kappa shape index (κ3) is 3.47. The van der Waals surface area contributed by atoms with Crippen LogP contribution in [0, 0.1) is 17.6 Å². The first-order valence-electron chi connectivity index (χ1n) is 6.96. The molecule has 7 heteroatoms. The predicted molar refractivity (Wildman–Crippen MR) is 73.8 cm³/mol. The van der Waals surface area contributed by atoms with Crippen LogP contribution in [-0.4, -0.2) is 23.6 Å². The number of amides is 2. The molecule has 2 rings (SSSR count). The van der Waals surface area contributed by atoms with Crippen LogP contribution in [-0.2, 0) is 9.59 Å². The van der Waals surface area contributed by atoms with E-state index in [4.69, 9.17) is 5.73 Å². The Morgan fingerprint density at radius 2 is 2.05 bits per heavy atom. The molecule has 3 N–H and O–H groups in total. The van der Waals surface area contributed by atoms with Crippen molar-refractivity contribution >= 4 is 17.6 Å². The Balaban J connectivity index is 2.17. The lowest BCUT2D eigenvalue weighted by Gasteiger charge is -2.28. The second-order valence-corrected chi connectivity index (χ2v) is 5.35. The SMILES string of the molecule is NC(=O)[C@H](NC(=O)c1cccc(F)c1F)[C@H]1CCCC(=O)C1. The van der Waals surface area contributed by atoms with Gasteiger partial charge in [-0.3, -0.25) is 14.4 Å². The highest BCUT2D eigenvalue weighted by atomic mass is 19.2. The van der Waals surface area contributed by atoms with Crippen LogP contribution in [0.5, 0.6) is 0 Å². The van der Waals surface area contributed by atoms with Gasteiger partial charge in [-0.15, -0.1) is 0 Å². The number of nitrogens with one attached hydrogen (secondary N) is 1. The molecule has 0 spiro atoms. The maximum absolute atomic E-state index is 13.6. The minimum atomic E-state index is -1.29. The van der Waals surface area contributed by atoms with Crippen molar-refractivity contribution < 1.29 is 23.2 Å². The molecular formula is C15H16F2N2O3. The zero-order valence-electron chi connectivity index (χ0n) is 11.8. The van der Waals surface area contributed by atoms with E-state index in [1.807, 2.05) is 0 Å². The van der Waals surface area contributed by atoms with E-state index in [2.05, 4.69) is 5.32 Å². The molecule has 0 saturated heterocycles. The molecule has 0 radical (unpaired) electrons. The van der Waals surface area contributed by atoms with E-state index in [1.165, 1.54) is 6.07 Å². The molecule has 0 bridgehead atoms. The maximum atomic E-state index is 13.6. The lowest BCUT2D eigenvalue weighted by atomic mass is 9.82. The third-order valence-corrected chi connectivity index (χ3v) is 3.78. The lowest BCUT2D eigenvalue weighted by Crippen LogP contribution is -2.50. The molecule has 1 aromatic carbocycles. The van der Waals surface area contributed by atoms with Crippen molar-refractivity contribution in [3.8, 4) is 0 Å². The van der Waals surface area contributed by atoms with Crippen LogP contribution in [0.15, 0.2) is 18.2 Å². The van der Waals surface area contributed by atoms with E-state index >= 15 is 0 Å². The normalized spacial score (nSPS) is 19.5. The number of rotatable bonds is 4. The maximum Gasteiger partial charge on any atom is 0.255 e. The van der Waals surface area contributed by atoms with Gasteiger partial charge in [0.25, 0.3) is 5.91 Å². The molecule has 2 amide bonds. The molecule has 0 aliphatic heterocycles. The molecule has 1 fully saturated rings. The van der Waals surface area contributed by atoms with Crippen molar-refractivity contribution in [1.29, 1.82) is 0 Å². The van der Waals surface area contributed by atoms with Crippen LogP contribution < -0.4 is 11.1 Å². The monoisotopic (exact) mass is 310 g/mol. The summed E-state index contributed by atoms with van der Waals surface area (Å²) in [4.78, 5) is 35.1. The molecule has 0 unspecified atom stereocenters. The second-order valence-electron chi connectivity index (χ2n) is 5.35. The topological polar surface area (TPSA) is 89.3 Å². The number of hydrogen-bond donors (Lipinski definition) is 2. The van der Waals surface area contributed by atoms with Crippen LogP contribution in [0.3, 0.4) is 0 Å². The number of ketones is 1. The molecule has 22 heavy (non-hydrogen) atoms. The summed E-state index contributed by atoms with van der Waals surface area (Å²) < 4.78 is 26.8. The first-order chi connectivity index (χ1) is 10.4. The quantitative estimate of drug-likeness (QED) is 0.878. The summed E-state index contributed by atoms with van der Waals surface area (Å²) in [6.07, 6.45) is 1.75. The van der Waals surface area contributed by atoms with Gasteiger partial charge in [0, 0.05) is 12.8 Å². The van der Waals surface area contributed by atoms with E-state index in [0.29, 0.717) is 19.3 Å². The number of halogens is 2. The fourth-order valence-corrected chi connectivity index (χ4v) is 2.66. The van der Waals surface area contributed by atoms with E-state index in [1.54, 1.807) is 0 Å². The van der Waals surface area contributed by atoms with Crippen molar-refractivity contribution in [2.24, 2.45) is 11.7 Å². The number of hydrogen-bond acceptors (Lipinski definition) is 3. The molecule has 2 atom stereocenters. The summed E-state index contributed by atoms with van der Waals surface area (Å²) in [5.41, 5.74) is 4.77. The molecule has 1 aliphatic carbocycles. The van der Waals surface area contributed by atoms with E-state index in [-0.39, 0.29) is 12.2 Å². The Kier molecular flexibility index (Phi) is 4.85. The number of carbonyl (C=O) groups is 3. The van der Waals surface area contributed by atoms with E-state index in [9.17, 15) is 23.2 Å². The standard InChI is InChI=1S/C15H16F2N2O3/c16-11-6-2-5-10(12(11)17)15(22)19-13(14(18)21)8-3-1-4-9(20)7-8/h2,5-6,8,13H,1,3-4,7H2,(H2,18,21)(H,19,22)/t8-,13+/m0/s1. The number of Topliss-reactive ketones (excluding diaryl/α,β-unsaturated/α-hetero) is 1. The Hall–Kier alpha value is -2.31. The first-order valence-corrected chi connectivity index (χ1v) is 6.96. The first kappa shape index (κ1) is 16.1. The summed E-state index contributed by atoms with van der Waals surface area (Å²) >= 11 is 0. The zero-order chi connectivity index (χ0) is 16.3. The van der Waals surface area contributed by atoms with Crippen LogP contribution in [0.2, 0.25) is 0 Å². The molecule has 5 nitrogen and oxygen atoms in total. The van der Waals surface area contributed by atoms with Gasteiger partial charge in [0.05, 0.1) is 5.56 Å². The highest BCUT2D eigenvalue weighted by Gasteiger charge is 2.32. The molecular weight excluding hydrogens is 294 g/mol. The minimum Gasteiger partial charge on any atom is -0.368 e. The Morgan fingerprint density at radius 1 is 1.32 bits per heavy atom. The molecule has 1 aliphatic rings. The fraction of sp³-hybridized carbons (Fsp3) is 0.400. The number of benzene rings is 1. The number of primary amides is 1. The van der Waals surface area contributed by atoms with Crippen molar-refractivity contribution in [3.63, 3.8) is 0 Å². The fourth-order valence-electron chi connectivity index (χ4n) is 2.66. The summed E-state index contributed by atoms with van der Waals surface area (Å²) in [7, 11) is 0. The predicted octanol–water partition coefficient (Wildman–Crippen LogP) is 1.31. The second kappa shape index (κ2) is 6.64. The van der Waals surface area contributed by atoms with Gasteiger partial charge in [-0.2, -0.15) is 0 Å². The van der Waals surface area contributed by atoms with Crippen LogP contribution in [0.4, 0.5) is 8.78 Å². The van der Waals surface area contributed by atoms with Crippen molar-refractivity contribution in [2.45, 2.75) is 31.7 Å². The largest absolute Gasteiger partial charge is 0.368 e. The summed E-state index contributed by atoms with van der Waals surface area (Å²) in [5.74, 6) is -4.60. The number of nitrogens with two attached hydrogens (primary N) is 1. The average Bonchev–Trinajstić information content (AvgIpc) is 2.47. The molecule has 1 saturated carbocycles. The average molecular weight is 310 g/mol. The highest BCUT2D eigenvalue weighted by Crippen LogP contribution is 2.24. The summed E-state index contributed by atoms with van der Waals surface area (Å²) in [6.45, 7) is 0. The van der Waals surface area contributed by atoms with Crippen LogP contribution in [0.1, 0.15) is 36.0 Å². The third-order valence-electron chi connectivity index (χ3n) is 3.78. The van der Waals surface area contributed by atoms with Crippen molar-refractivity contribution in [2.75, 3.05) is 0 Å². The molecule has 0 aromatic heterocycles. The van der Waals surface area contributed by atoms with E-state index in [0.717, 1.165) is 12.1 Å². The van der Waals surface area contributed by atoms with Gasteiger partial charge in [-0.25, -0.2) is 8.78 Å². The highest BCUT2D eigenvalue weighted by molar-refractivity contribution is 5.97. The van der Waals surface area contributed by atoms with Gasteiger partial charge >= 0.3 is 0 Å². The lowest BCUT2D eigenvalue weighted by molar-refractivity contribution is -0.124. The Labute approximate surface area is 125 Å². The number of carbonyl (C=O) groups excluding carboxylic acids is 3. The molecule has 0 heterocycles. The molecule has 118 valence electrons. The molecule has 1 aromatic rings. The van der Waals surface area contributed by atoms with Gasteiger partial charge in [0.15, 0.2) is 11.6 Å². The van der Waals surface area contributed by atoms with Gasteiger partial charge in [0.2, 0.25) is 5.91 Å². The van der Waals surface area contributed by atoms with Crippen molar-refractivity contribution in [1.82, 2.24) is 5.32 Å². The Morgan fingerprint density at radius 3 is 2.68 bits per heavy atom. The van der Waals surface area contributed by atoms with Crippen LogP contribution >= 0.6 is 0 Å². The minimum absolute atomic E-state index is 0.00585. The Bertz CT molecular complexity index is 619. The van der Waals surface area contributed by atoms with Crippen molar-refractivity contribution in [3.05, 3.63) is 35.4 Å². The van der Waals surface area contributed by atoms with Crippen LogP contribution in [0.25, 0.3) is 0 Å². The van der Waals surface area contributed by atoms with Gasteiger partial charge in [-0.05, 0) is 30.9 Å².